The smallest absolute Gasteiger partial charge is 0.307 e. The molecule has 0 aliphatic heterocycles. The number of benzene rings is 1. The van der Waals surface area contributed by atoms with Gasteiger partial charge in [-0.2, -0.15) is 0 Å². The van der Waals surface area contributed by atoms with Crippen LogP contribution >= 0.6 is 0 Å². The molecule has 0 radical (unpaired) electrons. The highest BCUT2D eigenvalue weighted by molar-refractivity contribution is 7.90. The third-order valence-electron chi connectivity index (χ3n) is 1.90. The summed E-state index contributed by atoms with van der Waals surface area (Å²) in [6.45, 7) is 0. The molecule has 0 saturated carbocycles. The van der Waals surface area contributed by atoms with Crippen molar-refractivity contribution in [2.24, 2.45) is 0 Å². The monoisotopic (exact) mass is 268 g/mol. The first-order chi connectivity index (χ1) is 7.64. The van der Waals surface area contributed by atoms with E-state index in [9.17, 15) is 26.4 Å². The van der Waals surface area contributed by atoms with Gasteiger partial charge in [0.15, 0.2) is 21.5 Å². The molecule has 0 fully saturated rings. The zero-order chi connectivity index (χ0) is 13.4. The molecular weight excluding hydrogens is 261 g/mol. The first-order valence-electron chi connectivity index (χ1n) is 4.22. The summed E-state index contributed by atoms with van der Waals surface area (Å²) in [5.74, 6) is -6.57. The third kappa shape index (κ3) is 2.76. The first-order valence-corrected chi connectivity index (χ1v) is 6.12. The molecule has 0 spiro atoms. The van der Waals surface area contributed by atoms with Crippen molar-refractivity contribution in [1.82, 2.24) is 0 Å². The summed E-state index contributed by atoms with van der Waals surface area (Å²) < 4.78 is 61.8. The van der Waals surface area contributed by atoms with Gasteiger partial charge in [-0.25, -0.2) is 21.6 Å². The van der Waals surface area contributed by atoms with Gasteiger partial charge in [0.2, 0.25) is 0 Å². The van der Waals surface area contributed by atoms with E-state index in [-0.39, 0.29) is 0 Å². The van der Waals surface area contributed by atoms with E-state index in [1.807, 2.05) is 0 Å². The molecule has 4 nitrogen and oxygen atoms in total. The lowest BCUT2D eigenvalue weighted by Crippen LogP contribution is -2.11. The quantitative estimate of drug-likeness (QED) is 0.834. The molecule has 0 aromatic heterocycles. The van der Waals surface area contributed by atoms with Gasteiger partial charge in [-0.15, -0.1) is 0 Å². The fourth-order valence-electron chi connectivity index (χ4n) is 1.26. The molecule has 1 aromatic carbocycles. The van der Waals surface area contributed by atoms with Crippen LogP contribution in [-0.4, -0.2) is 25.7 Å². The van der Waals surface area contributed by atoms with Crippen molar-refractivity contribution in [3.05, 3.63) is 29.1 Å². The molecule has 0 atom stereocenters. The number of hydrogen-bond acceptors (Lipinski definition) is 3. The lowest BCUT2D eigenvalue weighted by molar-refractivity contribution is -0.136. The highest BCUT2D eigenvalue weighted by Crippen LogP contribution is 2.24. The van der Waals surface area contributed by atoms with Crippen LogP contribution < -0.4 is 0 Å². The zero-order valence-corrected chi connectivity index (χ0v) is 9.32. The minimum absolute atomic E-state index is 0.364. The fourth-order valence-corrected chi connectivity index (χ4v) is 2.09. The van der Waals surface area contributed by atoms with Gasteiger partial charge in [0.05, 0.1) is 6.42 Å². The van der Waals surface area contributed by atoms with Gasteiger partial charge < -0.3 is 5.11 Å². The Bertz CT molecular complexity index is 580. The van der Waals surface area contributed by atoms with Crippen molar-refractivity contribution < 1.29 is 31.5 Å². The number of carbonyl (C=O) groups is 1. The fraction of sp³-hybridized carbons (Fsp3) is 0.222. The molecule has 0 aliphatic carbocycles. The molecular formula is C9H7F3O4S. The summed E-state index contributed by atoms with van der Waals surface area (Å²) in [4.78, 5) is 8.90. The summed E-state index contributed by atoms with van der Waals surface area (Å²) in [5, 5.41) is 8.37. The van der Waals surface area contributed by atoms with Crippen molar-refractivity contribution in [3.63, 3.8) is 0 Å². The van der Waals surface area contributed by atoms with Crippen molar-refractivity contribution in [2.75, 3.05) is 6.26 Å². The Labute approximate surface area is 94.6 Å². The maximum atomic E-state index is 13.3. The van der Waals surface area contributed by atoms with Gasteiger partial charge in [0.25, 0.3) is 0 Å². The van der Waals surface area contributed by atoms with Crippen LogP contribution in [0.3, 0.4) is 0 Å². The molecule has 0 aliphatic rings. The van der Waals surface area contributed by atoms with Crippen LogP contribution in [0.1, 0.15) is 5.56 Å². The third-order valence-corrected chi connectivity index (χ3v) is 3.02. The molecule has 94 valence electrons. The standard InChI is InChI=1S/C9H7F3O4S/c1-17(15,16)9-5(10)2-4(3-6(13)14)7(11)8(9)12/h2H,3H2,1H3,(H,13,14). The zero-order valence-electron chi connectivity index (χ0n) is 8.50. The number of hydrogen-bond donors (Lipinski definition) is 1. The Morgan fingerprint density at radius 2 is 1.82 bits per heavy atom. The lowest BCUT2D eigenvalue weighted by atomic mass is 10.1. The largest absolute Gasteiger partial charge is 0.481 e. The lowest BCUT2D eigenvalue weighted by Gasteiger charge is -2.07. The number of sulfone groups is 1. The topological polar surface area (TPSA) is 71.4 Å². The normalized spacial score (nSPS) is 11.5. The van der Waals surface area contributed by atoms with Gasteiger partial charge in [-0.1, -0.05) is 0 Å². The molecule has 0 unspecified atom stereocenters. The minimum Gasteiger partial charge on any atom is -0.481 e. The Kier molecular flexibility index (Phi) is 3.46. The highest BCUT2D eigenvalue weighted by atomic mass is 32.2. The molecule has 0 amide bonds. The van der Waals surface area contributed by atoms with Gasteiger partial charge in [-0.3, -0.25) is 4.79 Å². The van der Waals surface area contributed by atoms with Crippen LogP contribution in [0.15, 0.2) is 11.0 Å². The number of halogens is 3. The van der Waals surface area contributed by atoms with E-state index in [1.54, 1.807) is 0 Å². The van der Waals surface area contributed by atoms with Crippen LogP contribution in [0.2, 0.25) is 0 Å². The number of carboxylic acids is 1. The molecule has 0 heterocycles. The summed E-state index contributed by atoms with van der Waals surface area (Å²) in [5.41, 5.74) is -0.750. The average molecular weight is 268 g/mol. The Hall–Kier alpha value is -1.57. The maximum absolute atomic E-state index is 13.3. The van der Waals surface area contributed by atoms with Crippen LogP contribution in [0.25, 0.3) is 0 Å². The average Bonchev–Trinajstić information content (AvgIpc) is 2.10. The highest BCUT2D eigenvalue weighted by Gasteiger charge is 2.26. The molecule has 17 heavy (non-hydrogen) atoms. The Balaban J connectivity index is 3.53. The van der Waals surface area contributed by atoms with E-state index in [4.69, 9.17) is 5.11 Å². The van der Waals surface area contributed by atoms with Crippen molar-refractivity contribution in [3.8, 4) is 0 Å². The van der Waals surface area contributed by atoms with Crippen molar-refractivity contribution in [1.29, 1.82) is 0 Å². The van der Waals surface area contributed by atoms with Crippen LogP contribution in [-0.2, 0) is 21.1 Å². The van der Waals surface area contributed by atoms with Crippen LogP contribution in [0, 0.1) is 17.5 Å². The Morgan fingerprint density at radius 3 is 2.24 bits per heavy atom. The molecule has 0 bridgehead atoms. The molecule has 1 N–H and O–H groups in total. The van der Waals surface area contributed by atoms with E-state index in [2.05, 4.69) is 0 Å². The summed E-state index contributed by atoms with van der Waals surface area (Å²) in [7, 11) is -4.27. The Morgan fingerprint density at radius 1 is 1.29 bits per heavy atom. The predicted octanol–water partition coefficient (Wildman–Crippen LogP) is 1.13. The van der Waals surface area contributed by atoms with Gasteiger partial charge in [0.1, 0.15) is 10.7 Å². The SMILES string of the molecule is CS(=O)(=O)c1c(F)cc(CC(=O)O)c(F)c1F. The van der Waals surface area contributed by atoms with Crippen LogP contribution in [0.5, 0.6) is 0 Å². The summed E-state index contributed by atoms with van der Waals surface area (Å²) in [6.07, 6.45) is -0.422. The summed E-state index contributed by atoms with van der Waals surface area (Å²) in [6, 6.07) is 0.364. The van der Waals surface area contributed by atoms with Gasteiger partial charge in [0, 0.05) is 11.8 Å². The minimum atomic E-state index is -4.27. The number of carboxylic acid groups (broad SMARTS) is 1. The maximum Gasteiger partial charge on any atom is 0.307 e. The summed E-state index contributed by atoms with van der Waals surface area (Å²) >= 11 is 0. The molecule has 1 rings (SSSR count). The predicted molar refractivity (Wildman–Crippen MR) is 50.8 cm³/mol. The second-order valence-electron chi connectivity index (χ2n) is 3.32. The molecule has 8 heteroatoms. The number of aliphatic carboxylic acids is 1. The van der Waals surface area contributed by atoms with E-state index < -0.39 is 50.1 Å². The van der Waals surface area contributed by atoms with Crippen LogP contribution in [0.4, 0.5) is 13.2 Å². The number of rotatable bonds is 3. The molecule has 0 saturated heterocycles. The van der Waals surface area contributed by atoms with E-state index in [0.717, 1.165) is 0 Å². The van der Waals surface area contributed by atoms with Crippen molar-refractivity contribution >= 4 is 15.8 Å². The van der Waals surface area contributed by atoms with Gasteiger partial charge >= 0.3 is 5.97 Å². The van der Waals surface area contributed by atoms with E-state index in [1.165, 1.54) is 0 Å². The first kappa shape index (κ1) is 13.5. The molecule has 1 aromatic rings. The van der Waals surface area contributed by atoms with Crippen molar-refractivity contribution in [2.45, 2.75) is 11.3 Å². The van der Waals surface area contributed by atoms with Gasteiger partial charge in [-0.05, 0) is 6.07 Å². The van der Waals surface area contributed by atoms with E-state index >= 15 is 0 Å². The van der Waals surface area contributed by atoms with E-state index in [0.29, 0.717) is 12.3 Å². The second-order valence-corrected chi connectivity index (χ2v) is 5.27. The second kappa shape index (κ2) is 4.36.